The summed E-state index contributed by atoms with van der Waals surface area (Å²) in [5.41, 5.74) is 9.11. The molecule has 4 nitrogen and oxygen atoms in total. The zero-order chi connectivity index (χ0) is 15.7. The number of pyridine rings is 1. The minimum Gasteiger partial charge on any atom is -0.398 e. The van der Waals surface area contributed by atoms with E-state index in [2.05, 4.69) is 10.3 Å². The maximum Gasteiger partial charge on any atom is 0.257 e. The molecule has 22 heavy (non-hydrogen) atoms. The van der Waals surface area contributed by atoms with Crippen LogP contribution in [0.5, 0.6) is 0 Å². The number of nitrogen functional groups attached to an aromatic ring is 1. The second-order valence-corrected chi connectivity index (χ2v) is 5.48. The molecule has 0 aliphatic rings. The molecule has 110 valence electrons. The molecule has 0 saturated heterocycles. The Balaban J connectivity index is 1.89. The van der Waals surface area contributed by atoms with Crippen LogP contribution in [0.4, 0.5) is 11.4 Å². The van der Waals surface area contributed by atoms with Crippen LogP contribution in [0.3, 0.4) is 0 Å². The molecule has 0 atom stereocenters. The van der Waals surface area contributed by atoms with E-state index in [1.54, 1.807) is 18.2 Å². The SMILES string of the molecule is Cc1ccc2cc(NC(=O)c3ccc(Cl)cc3N)ccc2n1. The number of halogens is 1. The van der Waals surface area contributed by atoms with Crippen molar-refractivity contribution < 1.29 is 4.79 Å². The third kappa shape index (κ3) is 2.87. The Hall–Kier alpha value is -2.59. The van der Waals surface area contributed by atoms with Crippen LogP contribution in [0.25, 0.3) is 10.9 Å². The number of fused-ring (bicyclic) bond motifs is 1. The summed E-state index contributed by atoms with van der Waals surface area (Å²) in [5.74, 6) is -0.270. The normalized spacial score (nSPS) is 10.6. The minimum absolute atomic E-state index is 0.270. The van der Waals surface area contributed by atoms with Gasteiger partial charge in [0.2, 0.25) is 0 Å². The van der Waals surface area contributed by atoms with E-state index < -0.39 is 0 Å². The number of nitrogens with one attached hydrogen (secondary N) is 1. The number of amides is 1. The number of carbonyl (C=O) groups is 1. The third-order valence-corrected chi connectivity index (χ3v) is 3.58. The van der Waals surface area contributed by atoms with Crippen molar-refractivity contribution in [1.82, 2.24) is 4.98 Å². The molecule has 2 aromatic carbocycles. The molecule has 0 bridgehead atoms. The van der Waals surface area contributed by atoms with Crippen LogP contribution >= 0.6 is 11.6 Å². The van der Waals surface area contributed by atoms with Crippen LogP contribution in [-0.2, 0) is 0 Å². The standard InChI is InChI=1S/C17H14ClN3O/c1-10-2-3-11-8-13(5-7-16(11)20-10)21-17(22)14-6-4-12(18)9-15(14)19/h2-9H,19H2,1H3,(H,21,22). The van der Waals surface area contributed by atoms with E-state index in [0.717, 1.165) is 16.6 Å². The second-order valence-electron chi connectivity index (χ2n) is 5.05. The van der Waals surface area contributed by atoms with Gasteiger partial charge in [-0.3, -0.25) is 9.78 Å². The van der Waals surface area contributed by atoms with Crippen molar-refractivity contribution in [3.05, 3.63) is 64.8 Å². The quantitative estimate of drug-likeness (QED) is 0.702. The number of hydrogen-bond acceptors (Lipinski definition) is 3. The molecular formula is C17H14ClN3O. The zero-order valence-electron chi connectivity index (χ0n) is 11.9. The van der Waals surface area contributed by atoms with Gasteiger partial charge in [0.25, 0.3) is 5.91 Å². The molecule has 1 amide bonds. The number of aryl methyl sites for hydroxylation is 1. The summed E-state index contributed by atoms with van der Waals surface area (Å²) in [6, 6.07) is 14.3. The molecule has 0 aliphatic heterocycles. The highest BCUT2D eigenvalue weighted by molar-refractivity contribution is 6.31. The first-order chi connectivity index (χ1) is 10.5. The van der Waals surface area contributed by atoms with Crippen LogP contribution in [-0.4, -0.2) is 10.9 Å². The summed E-state index contributed by atoms with van der Waals surface area (Å²) < 4.78 is 0. The van der Waals surface area contributed by atoms with Gasteiger partial charge < -0.3 is 11.1 Å². The Morgan fingerprint density at radius 3 is 2.73 bits per heavy atom. The number of nitrogens with zero attached hydrogens (tertiary/aromatic N) is 1. The summed E-state index contributed by atoms with van der Waals surface area (Å²) in [5, 5.41) is 4.30. The van der Waals surface area contributed by atoms with Crippen molar-refractivity contribution in [2.45, 2.75) is 6.92 Å². The van der Waals surface area contributed by atoms with E-state index in [9.17, 15) is 4.79 Å². The molecule has 0 unspecified atom stereocenters. The van der Waals surface area contributed by atoms with Gasteiger partial charge in [0.05, 0.1) is 11.1 Å². The van der Waals surface area contributed by atoms with E-state index in [4.69, 9.17) is 17.3 Å². The lowest BCUT2D eigenvalue weighted by Crippen LogP contribution is -2.13. The van der Waals surface area contributed by atoms with Crippen molar-refractivity contribution in [3.8, 4) is 0 Å². The number of rotatable bonds is 2. The number of aromatic nitrogens is 1. The lowest BCUT2D eigenvalue weighted by molar-refractivity contribution is 0.102. The molecule has 0 fully saturated rings. The molecule has 3 rings (SSSR count). The van der Waals surface area contributed by atoms with Crippen LogP contribution in [0.1, 0.15) is 16.1 Å². The molecule has 1 aromatic heterocycles. The van der Waals surface area contributed by atoms with Gasteiger partial charge in [-0.05, 0) is 49.4 Å². The number of benzene rings is 2. The summed E-state index contributed by atoms with van der Waals surface area (Å²) in [4.78, 5) is 16.7. The van der Waals surface area contributed by atoms with E-state index >= 15 is 0 Å². The Morgan fingerprint density at radius 1 is 1.14 bits per heavy atom. The minimum atomic E-state index is -0.270. The predicted molar refractivity (Wildman–Crippen MR) is 90.3 cm³/mol. The highest BCUT2D eigenvalue weighted by Crippen LogP contribution is 2.21. The zero-order valence-corrected chi connectivity index (χ0v) is 12.7. The number of hydrogen-bond donors (Lipinski definition) is 2. The molecule has 0 spiro atoms. The molecule has 1 heterocycles. The molecule has 0 saturated carbocycles. The molecule has 3 N–H and O–H groups in total. The van der Waals surface area contributed by atoms with Gasteiger partial charge in [0, 0.05) is 27.5 Å². The Labute approximate surface area is 132 Å². The third-order valence-electron chi connectivity index (χ3n) is 3.34. The highest BCUT2D eigenvalue weighted by atomic mass is 35.5. The average Bonchev–Trinajstić information content (AvgIpc) is 2.47. The average molecular weight is 312 g/mol. The van der Waals surface area contributed by atoms with E-state index in [0.29, 0.717) is 22.0 Å². The Bertz CT molecular complexity index is 877. The van der Waals surface area contributed by atoms with Crippen LogP contribution in [0, 0.1) is 6.92 Å². The largest absolute Gasteiger partial charge is 0.398 e. The summed E-state index contributed by atoms with van der Waals surface area (Å²) in [6.45, 7) is 1.94. The predicted octanol–water partition coefficient (Wildman–Crippen LogP) is 4.03. The molecule has 0 aliphatic carbocycles. The van der Waals surface area contributed by atoms with Gasteiger partial charge >= 0.3 is 0 Å². The van der Waals surface area contributed by atoms with Crippen molar-refractivity contribution >= 4 is 39.8 Å². The van der Waals surface area contributed by atoms with Crippen LogP contribution in [0.2, 0.25) is 5.02 Å². The number of nitrogens with two attached hydrogens (primary N) is 1. The monoisotopic (exact) mass is 311 g/mol. The maximum atomic E-state index is 12.3. The number of carbonyl (C=O) groups excluding carboxylic acids is 1. The summed E-state index contributed by atoms with van der Waals surface area (Å²) in [7, 11) is 0. The topological polar surface area (TPSA) is 68.0 Å². The van der Waals surface area contributed by atoms with E-state index in [1.165, 1.54) is 0 Å². The lowest BCUT2D eigenvalue weighted by Gasteiger charge is -2.09. The fraction of sp³-hybridized carbons (Fsp3) is 0.0588. The van der Waals surface area contributed by atoms with Gasteiger partial charge in [-0.15, -0.1) is 0 Å². The number of anilines is 2. The second kappa shape index (κ2) is 5.66. The van der Waals surface area contributed by atoms with E-state index in [-0.39, 0.29) is 5.91 Å². The van der Waals surface area contributed by atoms with Gasteiger partial charge in [-0.2, -0.15) is 0 Å². The Kier molecular flexibility index (Phi) is 3.69. The first kappa shape index (κ1) is 14.4. The van der Waals surface area contributed by atoms with Gasteiger partial charge in [0.1, 0.15) is 0 Å². The van der Waals surface area contributed by atoms with E-state index in [1.807, 2.05) is 37.3 Å². The molecular weight excluding hydrogens is 298 g/mol. The van der Waals surface area contributed by atoms with Gasteiger partial charge in [-0.1, -0.05) is 17.7 Å². The highest BCUT2D eigenvalue weighted by Gasteiger charge is 2.10. The van der Waals surface area contributed by atoms with Crippen molar-refractivity contribution in [2.75, 3.05) is 11.1 Å². The maximum absolute atomic E-state index is 12.3. The molecule has 3 aromatic rings. The van der Waals surface area contributed by atoms with Gasteiger partial charge in [-0.25, -0.2) is 0 Å². The van der Waals surface area contributed by atoms with Crippen molar-refractivity contribution in [2.24, 2.45) is 0 Å². The first-order valence-corrected chi connectivity index (χ1v) is 7.14. The first-order valence-electron chi connectivity index (χ1n) is 6.77. The van der Waals surface area contributed by atoms with Crippen LogP contribution in [0.15, 0.2) is 48.5 Å². The fourth-order valence-corrected chi connectivity index (χ4v) is 2.42. The van der Waals surface area contributed by atoms with Crippen LogP contribution < -0.4 is 11.1 Å². The smallest absolute Gasteiger partial charge is 0.257 e. The molecule has 0 radical (unpaired) electrons. The molecule has 5 heteroatoms. The van der Waals surface area contributed by atoms with Gasteiger partial charge in [0.15, 0.2) is 0 Å². The van der Waals surface area contributed by atoms with Crippen molar-refractivity contribution in [3.63, 3.8) is 0 Å². The lowest BCUT2D eigenvalue weighted by atomic mass is 10.1. The van der Waals surface area contributed by atoms with Crippen molar-refractivity contribution in [1.29, 1.82) is 0 Å². The fourth-order valence-electron chi connectivity index (χ4n) is 2.24. The summed E-state index contributed by atoms with van der Waals surface area (Å²) in [6.07, 6.45) is 0. The summed E-state index contributed by atoms with van der Waals surface area (Å²) >= 11 is 5.84. The Morgan fingerprint density at radius 2 is 1.95 bits per heavy atom.